The minimum Gasteiger partial charge on any atom is -0.305 e. The fourth-order valence-corrected chi connectivity index (χ4v) is 14.1. The molecule has 1 fully saturated rings. The smallest absolute Gasteiger partial charge is 0.0638 e. The van der Waals surface area contributed by atoms with Crippen molar-refractivity contribution in [3.8, 4) is 90.1 Å². The van der Waals surface area contributed by atoms with Crippen molar-refractivity contribution in [1.29, 1.82) is 0 Å². The summed E-state index contributed by atoms with van der Waals surface area (Å²) in [6, 6.07) is 41.5. The van der Waals surface area contributed by atoms with Crippen LogP contribution in [0.2, 0.25) is 0 Å². The molecule has 622 valence electrons. The Labute approximate surface area is 821 Å². The molecule has 16 aromatic rings. The number of hydrogen-bond donors (Lipinski definition) is 0. The van der Waals surface area contributed by atoms with Crippen LogP contribution in [-0.2, 0) is 125 Å². The third-order valence-electron chi connectivity index (χ3n) is 20.7. The van der Waals surface area contributed by atoms with Gasteiger partial charge in [-0.25, -0.2) is 0 Å². The molecule has 0 saturated heterocycles. The van der Waals surface area contributed by atoms with E-state index in [-0.39, 0.29) is 267 Å². The summed E-state index contributed by atoms with van der Waals surface area (Å²) in [6.07, 6.45) is 29.6. The van der Waals surface area contributed by atoms with E-state index in [0.29, 0.717) is 78.9 Å². The Morgan fingerprint density at radius 3 is 1.09 bits per heavy atom. The summed E-state index contributed by atoms with van der Waals surface area (Å²) in [5, 5.41) is 0. The molecule has 0 N–H and O–H groups in total. The first-order valence-electron chi connectivity index (χ1n) is 54.4. The van der Waals surface area contributed by atoms with E-state index in [9.17, 15) is 0 Å². The number of benzene rings is 8. The Morgan fingerprint density at radius 2 is 0.672 bits per heavy atom. The van der Waals surface area contributed by atoms with E-state index in [2.05, 4.69) is 114 Å². The molecule has 2 bridgehead atoms. The fourth-order valence-electron chi connectivity index (χ4n) is 14.1. The number of pyridine rings is 8. The van der Waals surface area contributed by atoms with Crippen LogP contribution in [0, 0.1) is 80.6 Å². The van der Waals surface area contributed by atoms with Crippen LogP contribution in [0.25, 0.3) is 90.1 Å². The van der Waals surface area contributed by atoms with E-state index in [1.807, 2.05) is 94.1 Å². The molecule has 6 aliphatic rings. The summed E-state index contributed by atoms with van der Waals surface area (Å²) in [7, 11) is 0. The van der Waals surface area contributed by atoms with Gasteiger partial charge < -0.3 is 39.9 Å². The molecule has 0 aliphatic heterocycles. The molecule has 1 saturated carbocycles. The second-order valence-electron chi connectivity index (χ2n) is 28.8. The van der Waals surface area contributed by atoms with E-state index in [1.165, 1.54) is 89.5 Å². The third-order valence-corrected chi connectivity index (χ3v) is 20.7. The third kappa shape index (κ3) is 26.3. The van der Waals surface area contributed by atoms with Crippen molar-refractivity contribution in [2.45, 2.75) is 130 Å². The number of fused-ring (bicyclic) bond motifs is 3. The van der Waals surface area contributed by atoms with Crippen molar-refractivity contribution < 1.29 is 123 Å². The van der Waals surface area contributed by atoms with E-state index in [0.717, 1.165) is 85.0 Å². The molecule has 8 aromatic carbocycles. The zero-order chi connectivity index (χ0) is 108. The van der Waals surface area contributed by atoms with Crippen LogP contribution in [0.5, 0.6) is 0 Å². The maximum Gasteiger partial charge on any atom is 0.0638 e. The molecule has 8 heterocycles. The number of hydrogen-bond acceptors (Lipinski definition) is 8. The van der Waals surface area contributed by atoms with Crippen LogP contribution < -0.4 is 0 Å². The molecule has 0 spiro atoms. The Morgan fingerprint density at radius 1 is 0.303 bits per heavy atom. The number of rotatable bonds is 8. The minimum absolute atomic E-state index is 0. The largest absolute Gasteiger partial charge is 0.305 e. The molecule has 2 atom stereocenters. The van der Waals surface area contributed by atoms with Crippen molar-refractivity contribution in [2.24, 2.45) is 11.3 Å². The molecule has 8 aromatic heterocycles. The van der Waals surface area contributed by atoms with Gasteiger partial charge in [-0.1, -0.05) is 102 Å². The molecule has 122 heavy (non-hydrogen) atoms. The van der Waals surface area contributed by atoms with E-state index in [4.69, 9.17) is 42.5 Å². The predicted octanol–water partition coefficient (Wildman–Crippen LogP) is 25.6. The van der Waals surface area contributed by atoms with Gasteiger partial charge >= 0.3 is 0 Å². The Kier molecular flexibility index (Phi) is 23.6. The molecular weight excluding hydrogens is 2200 g/mol. The molecule has 6 aliphatic carbocycles. The minimum atomic E-state index is -0.443. The maximum absolute atomic E-state index is 8.09. The predicted molar refractivity (Wildman–Crippen MR) is 481 cm³/mol. The van der Waals surface area contributed by atoms with Crippen LogP contribution in [-0.4, -0.2) is 39.9 Å². The second kappa shape index (κ2) is 48.4. The molecule has 8 nitrogen and oxygen atoms in total. The van der Waals surface area contributed by atoms with Gasteiger partial charge in [-0.2, -0.15) is 0 Å². The molecule has 0 amide bonds. The van der Waals surface area contributed by atoms with Crippen LogP contribution in [0.15, 0.2) is 322 Å². The first-order valence-corrected chi connectivity index (χ1v) is 38.9. The normalized spacial score (nSPS) is 17.5. The van der Waals surface area contributed by atoms with Crippen LogP contribution in [0.4, 0.5) is 0 Å². The molecule has 12 heteroatoms. The maximum atomic E-state index is 8.09. The first-order chi connectivity index (χ1) is 70.8. The van der Waals surface area contributed by atoms with Crippen molar-refractivity contribution in [3.63, 3.8) is 0 Å². The van der Waals surface area contributed by atoms with Gasteiger partial charge in [0.2, 0.25) is 0 Å². The summed E-state index contributed by atoms with van der Waals surface area (Å²) < 4.78 is 237. The SMILES string of the molecule is [2H]c1[c-]c(-c2cc(C)c(C)cn2)c([2H])c([2H])c1[2H].[2H]c1[c-]c(-c2cc(C)ccn2)c([2H])c([2H])c1[2H].[2H]c1[c-]c(-c2cc3c(cn2)CC2CC3C2(C)C)c([2H])c([2H])c1[2H].[2H]c1[c-]c(-c2cc3c(cn2)CCCC3)c([2H])c([2H])c1[2H].[2H]c1[c-]c(-c2cc3c(cn2)CCCC3)c([2H])c([2H])c1[2H].[2H]c1[c-]c(-c2ccccn2)c([2H])c([2H])c1[2H].[2H]c1[c-]c(-c2ncc([2H])c([2H])c2[2H])c([2H])c([2H])c1[2H].[Ir].[Ir].[Ir].[Ir].[c-]1ccccc1-c1cc2c(cn1)CCCC2. The van der Waals surface area contributed by atoms with Crippen LogP contribution >= 0.6 is 0 Å². The Bertz CT molecular complexity index is 7700. The molecular formula is C110H98Ir4N8-8. The second-order valence-corrected chi connectivity index (χ2v) is 28.8. The quantitative estimate of drug-likeness (QED) is 0.139. The summed E-state index contributed by atoms with van der Waals surface area (Å²) >= 11 is 0. The van der Waals surface area contributed by atoms with Crippen molar-refractivity contribution in [2.75, 3.05) is 0 Å². The Balaban J connectivity index is 0.000000178. The fraction of sp³-hybridized carbons (Fsp3) is 0.200. The average molecular weight is 2330 g/mol. The van der Waals surface area contributed by atoms with Crippen LogP contribution in [0.1, 0.15) is 168 Å². The van der Waals surface area contributed by atoms with Gasteiger partial charge in [0.05, 0.1) is 4.11 Å². The van der Waals surface area contributed by atoms with E-state index >= 15 is 0 Å². The van der Waals surface area contributed by atoms with Gasteiger partial charge in [-0.3, -0.25) is 0 Å². The van der Waals surface area contributed by atoms with E-state index < -0.39 is 12.1 Å². The Hall–Kier alpha value is -10.4. The first kappa shape index (κ1) is 59.4. The van der Waals surface area contributed by atoms with Crippen LogP contribution in [0.3, 0.4) is 0 Å². The van der Waals surface area contributed by atoms with Gasteiger partial charge in [0.15, 0.2) is 0 Å². The van der Waals surface area contributed by atoms with Gasteiger partial charge in [0.25, 0.3) is 0 Å². The zero-order valence-corrected chi connectivity index (χ0v) is 76.7. The van der Waals surface area contributed by atoms with Crippen molar-refractivity contribution in [1.82, 2.24) is 39.9 Å². The van der Waals surface area contributed by atoms with Gasteiger partial charge in [-0.05, 0) is 244 Å². The summed E-state index contributed by atoms with van der Waals surface area (Å²) in [5.74, 6) is 1.25. The summed E-state index contributed by atoms with van der Waals surface area (Å²) in [5.41, 5.74) is 21.1. The topological polar surface area (TPSA) is 103 Å². The standard InChI is InChI=1S/C18H18N.3C15H14N.C13H12N.C12H10N.2C11H8N.4Ir/c1-18(2)14-8-13-11-19-17(10-15(13)16(18)9-14)12-6-4-3-5-7-12;3*1-2-6-12(7-3-1)15-10-13-8-4-5-9-14(13)11-16-15;1-10-8-13(14-9-11(10)2)12-6-4-3-5-7-12;1-10-7-8-13-12(9-10)11-5-3-2-4-6-11;2*1-2-6-10(7-3-1)11-8-4-5-9-12-11;;;;/h3-6,10-11,14,16H,8-9H2,1-2H3;3*1-3,6,10-11H,4-5,8-9H2;3-6,8-9H,1-2H3;2-5,7-9H,1H3;2*1-6,8-9H;;;;/q8*-1;;;;/i3D,4D,5D,6D;2*1D,2D,3D,6D;;3D,4D,5D,6D;2D,3D,4D,5D;1D,2D,3D,4D,5D,6D,8D;1D,2D,3D,6D;;;;. The monoisotopic (exact) mass is 2330 g/mol. The summed E-state index contributed by atoms with van der Waals surface area (Å²) in [6.45, 7) is 10.4. The van der Waals surface area contributed by atoms with Gasteiger partial charge in [0, 0.05) is 149 Å². The zero-order valence-electron chi connectivity index (χ0n) is 98.2. The average Bonchev–Trinajstić information content (AvgIpc) is 0.711. The molecule has 4 radical (unpaired) electrons. The number of aryl methyl sites for hydroxylation is 9. The number of aromatic nitrogens is 8. The molecule has 22 rings (SSSR count). The van der Waals surface area contributed by atoms with Crippen molar-refractivity contribution in [3.05, 3.63) is 432 Å². The van der Waals surface area contributed by atoms with Crippen molar-refractivity contribution >= 4 is 0 Å². The summed E-state index contributed by atoms with van der Waals surface area (Å²) in [4.78, 5) is 33.9. The number of nitrogens with zero attached hydrogens (tertiary/aromatic N) is 8. The molecule has 2 unspecified atom stereocenters. The van der Waals surface area contributed by atoms with Gasteiger partial charge in [-0.15, -0.1) is 286 Å². The van der Waals surface area contributed by atoms with Gasteiger partial charge in [0.1, 0.15) is 0 Å². The van der Waals surface area contributed by atoms with E-state index in [1.54, 1.807) is 42.9 Å².